The summed E-state index contributed by atoms with van der Waals surface area (Å²) in [6.07, 6.45) is 2.40. The van der Waals surface area contributed by atoms with E-state index in [0.717, 1.165) is 16.1 Å². The van der Waals surface area contributed by atoms with Gasteiger partial charge in [0.15, 0.2) is 0 Å². The maximum Gasteiger partial charge on any atom is 0.309 e. The Hall–Kier alpha value is -1.66. The number of nitrogens with zero attached hydrogens (tertiary/aromatic N) is 1. The lowest BCUT2D eigenvalue weighted by atomic mass is 9.90. The average molecular weight is 293 g/mol. The Morgan fingerprint density at radius 2 is 2.35 bits per heavy atom. The second-order valence-electron chi connectivity index (χ2n) is 5.36. The van der Waals surface area contributed by atoms with E-state index in [1.165, 1.54) is 0 Å². The van der Waals surface area contributed by atoms with E-state index in [-0.39, 0.29) is 0 Å². The largest absolute Gasteiger partial charge is 0.481 e. The SMILES string of the molecule is CC(C)(CCNCc1cn[nH]c1-c1cccs1)C(=O)O. The molecule has 0 aliphatic heterocycles. The van der Waals surface area contributed by atoms with Gasteiger partial charge in [-0.1, -0.05) is 6.07 Å². The molecule has 2 aromatic heterocycles. The Balaban J connectivity index is 1.87. The highest BCUT2D eigenvalue weighted by atomic mass is 32.1. The predicted molar refractivity (Wildman–Crippen MR) is 79.6 cm³/mol. The predicted octanol–water partition coefficient (Wildman–Crippen LogP) is 2.73. The fourth-order valence-electron chi connectivity index (χ4n) is 1.81. The second kappa shape index (κ2) is 6.19. The summed E-state index contributed by atoms with van der Waals surface area (Å²) < 4.78 is 0. The first-order valence-electron chi connectivity index (χ1n) is 6.51. The number of hydrogen-bond donors (Lipinski definition) is 3. The Morgan fingerprint density at radius 1 is 1.55 bits per heavy atom. The highest BCUT2D eigenvalue weighted by Crippen LogP contribution is 2.25. The lowest BCUT2D eigenvalue weighted by molar-refractivity contribution is -0.147. The molecule has 3 N–H and O–H groups in total. The number of aromatic nitrogens is 2. The molecule has 2 rings (SSSR count). The summed E-state index contributed by atoms with van der Waals surface area (Å²) in [7, 11) is 0. The van der Waals surface area contributed by atoms with Crippen LogP contribution >= 0.6 is 11.3 Å². The van der Waals surface area contributed by atoms with Gasteiger partial charge in [0.05, 0.1) is 22.2 Å². The summed E-state index contributed by atoms with van der Waals surface area (Å²) in [6.45, 7) is 4.83. The van der Waals surface area contributed by atoms with Crippen LogP contribution in [0.3, 0.4) is 0 Å². The molecule has 2 aromatic rings. The fourth-order valence-corrected chi connectivity index (χ4v) is 2.57. The zero-order valence-corrected chi connectivity index (χ0v) is 12.5. The van der Waals surface area contributed by atoms with Crippen molar-refractivity contribution in [1.82, 2.24) is 15.5 Å². The second-order valence-corrected chi connectivity index (χ2v) is 6.31. The lowest BCUT2D eigenvalue weighted by Gasteiger charge is -2.18. The number of H-pyrrole nitrogens is 1. The van der Waals surface area contributed by atoms with E-state index in [2.05, 4.69) is 21.6 Å². The summed E-state index contributed by atoms with van der Waals surface area (Å²) in [5.74, 6) is -0.762. The number of rotatable bonds is 7. The molecule has 6 heteroatoms. The topological polar surface area (TPSA) is 78.0 Å². The Bertz CT molecular complexity index is 561. The highest BCUT2D eigenvalue weighted by molar-refractivity contribution is 7.13. The van der Waals surface area contributed by atoms with Crippen LogP contribution in [0.15, 0.2) is 23.7 Å². The molecule has 0 unspecified atom stereocenters. The van der Waals surface area contributed by atoms with Gasteiger partial charge in [0.25, 0.3) is 0 Å². The Labute approximate surface area is 122 Å². The van der Waals surface area contributed by atoms with Gasteiger partial charge in [-0.05, 0) is 38.3 Å². The number of carbonyl (C=O) groups is 1. The standard InChI is InChI=1S/C14H19N3O2S/c1-14(2,13(18)19)5-6-15-8-10-9-16-17-12(10)11-4-3-7-20-11/h3-4,7,9,15H,5-6,8H2,1-2H3,(H,16,17)(H,18,19). The molecule has 0 amide bonds. The minimum Gasteiger partial charge on any atom is -0.481 e. The van der Waals surface area contributed by atoms with E-state index >= 15 is 0 Å². The van der Waals surface area contributed by atoms with Crippen LogP contribution in [0.2, 0.25) is 0 Å². The molecule has 0 spiro atoms. The van der Waals surface area contributed by atoms with E-state index in [4.69, 9.17) is 5.11 Å². The number of carboxylic acid groups (broad SMARTS) is 1. The number of aliphatic carboxylic acids is 1. The van der Waals surface area contributed by atoms with Crippen LogP contribution in [0.5, 0.6) is 0 Å². The quantitative estimate of drug-likeness (QED) is 0.686. The van der Waals surface area contributed by atoms with Crippen molar-refractivity contribution in [2.45, 2.75) is 26.8 Å². The highest BCUT2D eigenvalue weighted by Gasteiger charge is 2.26. The maximum absolute atomic E-state index is 11.0. The van der Waals surface area contributed by atoms with Crippen molar-refractivity contribution >= 4 is 17.3 Å². The fraction of sp³-hybridized carbons (Fsp3) is 0.429. The van der Waals surface area contributed by atoms with Gasteiger partial charge in [-0.15, -0.1) is 11.3 Å². The van der Waals surface area contributed by atoms with Crippen LogP contribution in [0.4, 0.5) is 0 Å². The summed E-state index contributed by atoms with van der Waals surface area (Å²) in [4.78, 5) is 12.2. The van der Waals surface area contributed by atoms with Gasteiger partial charge in [-0.3, -0.25) is 9.89 Å². The van der Waals surface area contributed by atoms with E-state index in [9.17, 15) is 4.79 Å². The molecule has 0 bridgehead atoms. The van der Waals surface area contributed by atoms with E-state index < -0.39 is 11.4 Å². The summed E-state index contributed by atoms with van der Waals surface area (Å²) in [6, 6.07) is 4.06. The first kappa shape index (κ1) is 14.7. The van der Waals surface area contributed by atoms with Crippen LogP contribution in [-0.2, 0) is 11.3 Å². The molecule has 0 atom stereocenters. The molecule has 108 valence electrons. The van der Waals surface area contributed by atoms with Crippen molar-refractivity contribution in [2.24, 2.45) is 5.41 Å². The third kappa shape index (κ3) is 3.46. The zero-order chi connectivity index (χ0) is 14.6. The zero-order valence-electron chi connectivity index (χ0n) is 11.6. The first-order chi connectivity index (χ1) is 9.50. The van der Waals surface area contributed by atoms with Gasteiger partial charge in [0.2, 0.25) is 0 Å². The molecule has 0 aliphatic carbocycles. The minimum absolute atomic E-state index is 0.592. The molecular formula is C14H19N3O2S. The summed E-state index contributed by atoms with van der Waals surface area (Å²) in [5.41, 5.74) is 1.44. The van der Waals surface area contributed by atoms with Crippen LogP contribution in [0, 0.1) is 5.41 Å². The molecule has 20 heavy (non-hydrogen) atoms. The van der Waals surface area contributed by atoms with Crippen molar-refractivity contribution < 1.29 is 9.90 Å². The molecule has 0 radical (unpaired) electrons. The van der Waals surface area contributed by atoms with Gasteiger partial charge in [-0.2, -0.15) is 5.10 Å². The molecule has 5 nitrogen and oxygen atoms in total. The number of hydrogen-bond acceptors (Lipinski definition) is 4. The molecule has 0 aromatic carbocycles. The van der Waals surface area contributed by atoms with Gasteiger partial charge >= 0.3 is 5.97 Å². The molecule has 0 saturated carbocycles. The number of nitrogens with one attached hydrogen (secondary N) is 2. The summed E-state index contributed by atoms with van der Waals surface area (Å²) >= 11 is 1.67. The van der Waals surface area contributed by atoms with Gasteiger partial charge in [-0.25, -0.2) is 0 Å². The van der Waals surface area contributed by atoms with Crippen molar-refractivity contribution in [3.05, 3.63) is 29.3 Å². The first-order valence-corrected chi connectivity index (χ1v) is 7.39. The average Bonchev–Trinajstić information content (AvgIpc) is 3.04. The van der Waals surface area contributed by atoms with Crippen LogP contribution in [0.1, 0.15) is 25.8 Å². The van der Waals surface area contributed by atoms with E-state index in [1.807, 2.05) is 17.6 Å². The normalized spacial score (nSPS) is 11.7. The number of aromatic amines is 1. The molecule has 0 aliphatic rings. The van der Waals surface area contributed by atoms with Crippen molar-refractivity contribution in [3.63, 3.8) is 0 Å². The number of carboxylic acids is 1. The van der Waals surface area contributed by atoms with Crippen molar-refractivity contribution in [2.75, 3.05) is 6.54 Å². The maximum atomic E-state index is 11.0. The van der Waals surface area contributed by atoms with Crippen molar-refractivity contribution in [1.29, 1.82) is 0 Å². The lowest BCUT2D eigenvalue weighted by Crippen LogP contribution is -2.28. The van der Waals surface area contributed by atoms with E-state index in [1.54, 1.807) is 25.2 Å². The number of thiophene rings is 1. The van der Waals surface area contributed by atoms with Gasteiger partial charge in [0, 0.05) is 12.1 Å². The molecule has 0 fully saturated rings. The van der Waals surface area contributed by atoms with E-state index in [0.29, 0.717) is 19.5 Å². The molecular weight excluding hydrogens is 274 g/mol. The van der Waals surface area contributed by atoms with Gasteiger partial charge in [0.1, 0.15) is 0 Å². The minimum atomic E-state index is -0.762. The Morgan fingerprint density at radius 3 is 3.00 bits per heavy atom. The Kier molecular flexibility index (Phi) is 4.57. The van der Waals surface area contributed by atoms with Crippen molar-refractivity contribution in [3.8, 4) is 10.6 Å². The monoisotopic (exact) mass is 293 g/mol. The third-order valence-corrected chi connectivity index (χ3v) is 4.19. The summed E-state index contributed by atoms with van der Waals surface area (Å²) in [5, 5.41) is 21.5. The van der Waals surface area contributed by atoms with Crippen LogP contribution < -0.4 is 5.32 Å². The molecule has 0 saturated heterocycles. The third-order valence-electron chi connectivity index (χ3n) is 3.31. The smallest absolute Gasteiger partial charge is 0.309 e. The van der Waals surface area contributed by atoms with Crippen LogP contribution in [0.25, 0.3) is 10.6 Å². The molecule has 2 heterocycles. The van der Waals surface area contributed by atoms with Crippen LogP contribution in [-0.4, -0.2) is 27.8 Å². The van der Waals surface area contributed by atoms with Gasteiger partial charge < -0.3 is 10.4 Å².